The van der Waals surface area contributed by atoms with Crippen molar-refractivity contribution in [2.24, 2.45) is 5.73 Å². The molecule has 0 amide bonds. The maximum absolute atomic E-state index is 13.5. The predicted octanol–water partition coefficient (Wildman–Crippen LogP) is 4.63. The number of Topliss-reactive ketones (excluding diaryl/α,β-unsaturated/α-hetero) is 1. The lowest BCUT2D eigenvalue weighted by Crippen LogP contribution is -2.45. The summed E-state index contributed by atoms with van der Waals surface area (Å²) in [7, 11) is -5.39. The van der Waals surface area contributed by atoms with Gasteiger partial charge in [-0.25, -0.2) is 12.8 Å². The molecule has 2 aliphatic heterocycles. The number of rotatable bonds is 8. The molecule has 0 spiro atoms. The number of halogens is 4. The number of thiocarbonyl (C=S) groups is 1. The average Bonchev–Trinajstić information content (AvgIpc) is 3.55. The molecular weight excluding hydrogens is 580 g/mol. The summed E-state index contributed by atoms with van der Waals surface area (Å²) in [6, 6.07) is 12.5. The number of benzene rings is 2. The van der Waals surface area contributed by atoms with Crippen LogP contribution in [0.4, 0.5) is 17.6 Å². The van der Waals surface area contributed by atoms with E-state index in [1.54, 1.807) is 6.07 Å². The molecular formula is C28H30F4N4O3S2. The van der Waals surface area contributed by atoms with Crippen molar-refractivity contribution in [3.8, 4) is 11.1 Å². The molecule has 1 aromatic heterocycles. The number of ketones is 1. The zero-order valence-corrected chi connectivity index (χ0v) is 23.7. The Morgan fingerprint density at radius 1 is 1.12 bits per heavy atom. The number of carbonyl (C=O) groups excluding carboxylic acids is 1. The van der Waals surface area contributed by atoms with Crippen LogP contribution in [0.25, 0.3) is 22.0 Å². The second-order valence-corrected chi connectivity index (χ2v) is 13.0. The van der Waals surface area contributed by atoms with E-state index in [4.69, 9.17) is 18.0 Å². The van der Waals surface area contributed by atoms with Gasteiger partial charge >= 0.3 is 15.5 Å². The number of nitrogens with two attached hydrogens (primary N) is 1. The molecule has 41 heavy (non-hydrogen) atoms. The summed E-state index contributed by atoms with van der Waals surface area (Å²) >= 11 is 5.14. The Hall–Kier alpha value is -2.87. The highest BCUT2D eigenvalue weighted by Gasteiger charge is 2.50. The first-order valence-corrected chi connectivity index (χ1v) is 15.2. The van der Waals surface area contributed by atoms with Gasteiger partial charge in [0.05, 0.1) is 6.04 Å². The molecule has 2 saturated heterocycles. The van der Waals surface area contributed by atoms with Crippen molar-refractivity contribution >= 4 is 43.9 Å². The number of sulfonamides is 1. The van der Waals surface area contributed by atoms with Gasteiger partial charge < -0.3 is 15.6 Å². The van der Waals surface area contributed by atoms with Gasteiger partial charge in [-0.2, -0.15) is 17.5 Å². The molecule has 0 radical (unpaired) electrons. The highest BCUT2D eigenvalue weighted by molar-refractivity contribution is 7.90. The Bertz CT molecular complexity index is 1580. The average molecular weight is 611 g/mol. The Labute approximate surface area is 240 Å². The smallest absolute Gasteiger partial charge is 0.389 e. The lowest BCUT2D eigenvalue weighted by atomic mass is 9.99. The summed E-state index contributed by atoms with van der Waals surface area (Å²) in [6.07, 6.45) is 2.18. The van der Waals surface area contributed by atoms with Gasteiger partial charge in [0.2, 0.25) is 0 Å². The third-order valence-corrected chi connectivity index (χ3v) is 9.80. The van der Waals surface area contributed by atoms with Gasteiger partial charge in [-0.15, -0.1) is 0 Å². The van der Waals surface area contributed by atoms with E-state index in [9.17, 15) is 30.8 Å². The number of nitrogens with zero attached hydrogens (tertiary/aromatic N) is 2. The SMILES string of the molecule is NC(=S)c1cccc(-c2cn(C3CCN(S(=O)(=O)C(F)(F)F)CC3)c3cc(CCC(=O)C4C[C@H](F)CN4)ccc23)c1. The van der Waals surface area contributed by atoms with Crippen LogP contribution in [-0.2, 0) is 21.2 Å². The molecule has 0 bridgehead atoms. The van der Waals surface area contributed by atoms with Crippen molar-refractivity contribution < 1.29 is 30.8 Å². The van der Waals surface area contributed by atoms with Crippen molar-refractivity contribution in [1.29, 1.82) is 0 Å². The van der Waals surface area contributed by atoms with Gasteiger partial charge in [0, 0.05) is 66.7 Å². The molecule has 2 atom stereocenters. The fourth-order valence-corrected chi connectivity index (χ4v) is 6.82. The monoisotopic (exact) mass is 610 g/mol. The quantitative estimate of drug-likeness (QED) is 0.285. The van der Waals surface area contributed by atoms with E-state index < -0.39 is 27.7 Å². The van der Waals surface area contributed by atoms with Crippen LogP contribution in [0.15, 0.2) is 48.7 Å². The molecule has 2 aliphatic rings. The van der Waals surface area contributed by atoms with Crippen LogP contribution in [0.5, 0.6) is 0 Å². The molecule has 2 aromatic carbocycles. The summed E-state index contributed by atoms with van der Waals surface area (Å²) in [6.45, 7) is -0.328. The molecule has 2 fully saturated rings. The fourth-order valence-electron chi connectivity index (χ4n) is 5.71. The third-order valence-electron chi connectivity index (χ3n) is 7.93. The number of hydrogen-bond donors (Lipinski definition) is 2. The van der Waals surface area contributed by atoms with Gasteiger partial charge in [0.25, 0.3) is 0 Å². The Morgan fingerprint density at radius 3 is 2.49 bits per heavy atom. The van der Waals surface area contributed by atoms with Crippen LogP contribution in [0.1, 0.15) is 42.9 Å². The second-order valence-electron chi connectivity index (χ2n) is 10.6. The van der Waals surface area contributed by atoms with Crippen LogP contribution < -0.4 is 11.1 Å². The first kappa shape index (κ1) is 29.6. The Balaban J connectivity index is 1.46. The van der Waals surface area contributed by atoms with Crippen molar-refractivity contribution in [3.05, 3.63) is 59.8 Å². The summed E-state index contributed by atoms with van der Waals surface area (Å²) in [5.74, 6) is -0.0471. The number of alkyl halides is 4. The number of carbonyl (C=O) groups is 1. The molecule has 7 nitrogen and oxygen atoms in total. The summed E-state index contributed by atoms with van der Waals surface area (Å²) in [5.41, 5.74) is 4.63. The second kappa shape index (κ2) is 11.4. The van der Waals surface area contributed by atoms with Gasteiger partial charge in [-0.05, 0) is 42.5 Å². The number of fused-ring (bicyclic) bond motifs is 1. The lowest BCUT2D eigenvalue weighted by Gasteiger charge is -2.32. The lowest BCUT2D eigenvalue weighted by molar-refractivity contribution is -0.120. The van der Waals surface area contributed by atoms with Crippen LogP contribution in [0.2, 0.25) is 0 Å². The fraction of sp³-hybridized carbons (Fsp3) is 0.429. The predicted molar refractivity (Wildman–Crippen MR) is 153 cm³/mol. The molecule has 3 heterocycles. The number of hydrogen-bond acceptors (Lipinski definition) is 5. The van der Waals surface area contributed by atoms with E-state index in [1.807, 2.05) is 47.2 Å². The van der Waals surface area contributed by atoms with Crippen molar-refractivity contribution in [3.63, 3.8) is 0 Å². The number of aryl methyl sites for hydroxylation is 1. The highest BCUT2D eigenvalue weighted by atomic mass is 32.2. The van der Waals surface area contributed by atoms with Crippen LogP contribution >= 0.6 is 12.2 Å². The van der Waals surface area contributed by atoms with Gasteiger partial charge in [0.1, 0.15) is 16.9 Å². The van der Waals surface area contributed by atoms with E-state index in [0.717, 1.165) is 27.6 Å². The van der Waals surface area contributed by atoms with E-state index in [2.05, 4.69) is 5.32 Å². The normalized spacial score (nSPS) is 21.0. The van der Waals surface area contributed by atoms with E-state index >= 15 is 0 Å². The Morgan fingerprint density at radius 2 is 1.85 bits per heavy atom. The molecule has 3 N–H and O–H groups in total. The molecule has 0 saturated carbocycles. The molecule has 5 rings (SSSR count). The zero-order valence-electron chi connectivity index (χ0n) is 22.0. The minimum atomic E-state index is -5.39. The summed E-state index contributed by atoms with van der Waals surface area (Å²) < 4.78 is 79.3. The van der Waals surface area contributed by atoms with E-state index in [1.165, 1.54) is 0 Å². The number of nitrogens with one attached hydrogen (secondary N) is 1. The van der Waals surface area contributed by atoms with Crippen LogP contribution in [0, 0.1) is 0 Å². The standard InChI is InChI=1S/C28H30F4N4O3S2/c29-20-14-24(34-15-20)26(37)7-5-17-4-6-22-23(18-2-1-3-19(13-18)27(33)40)16-36(25(22)12-17)21-8-10-35(11-9-21)41(38,39)28(30,31)32/h1-4,6,12-13,16,20-21,24,34H,5,7-11,14-15H2,(H2,33,40)/t20-,24?/m0/s1. The summed E-state index contributed by atoms with van der Waals surface area (Å²) in [4.78, 5) is 12.9. The van der Waals surface area contributed by atoms with Crippen molar-refractivity contribution in [2.75, 3.05) is 19.6 Å². The minimum absolute atomic E-state index is 0.0471. The van der Waals surface area contributed by atoms with E-state index in [0.29, 0.717) is 16.3 Å². The topological polar surface area (TPSA) is 97.4 Å². The molecule has 220 valence electrons. The highest BCUT2D eigenvalue weighted by Crippen LogP contribution is 2.38. The third kappa shape index (κ3) is 6.04. The maximum atomic E-state index is 13.5. The van der Waals surface area contributed by atoms with Gasteiger partial charge in [0.15, 0.2) is 0 Å². The Kier molecular flexibility index (Phi) is 8.25. The first-order chi connectivity index (χ1) is 19.3. The van der Waals surface area contributed by atoms with Gasteiger partial charge in [-0.1, -0.05) is 42.5 Å². The molecule has 3 aromatic rings. The van der Waals surface area contributed by atoms with Crippen LogP contribution in [-0.4, -0.2) is 65.4 Å². The largest absolute Gasteiger partial charge is 0.511 e. The minimum Gasteiger partial charge on any atom is -0.389 e. The number of piperidine rings is 1. The van der Waals surface area contributed by atoms with Crippen molar-refractivity contribution in [1.82, 2.24) is 14.2 Å². The maximum Gasteiger partial charge on any atom is 0.511 e. The molecule has 1 unspecified atom stereocenters. The number of aromatic nitrogens is 1. The first-order valence-electron chi connectivity index (χ1n) is 13.4. The van der Waals surface area contributed by atoms with Gasteiger partial charge in [-0.3, -0.25) is 4.79 Å². The van der Waals surface area contributed by atoms with Crippen molar-refractivity contribution in [2.45, 2.75) is 55.9 Å². The molecule has 0 aliphatic carbocycles. The molecule has 13 heteroatoms. The summed E-state index contributed by atoms with van der Waals surface area (Å²) in [5, 5.41) is 3.81. The van der Waals surface area contributed by atoms with Crippen LogP contribution in [0.3, 0.4) is 0 Å². The zero-order chi connectivity index (χ0) is 29.5. The van der Waals surface area contributed by atoms with E-state index in [-0.39, 0.29) is 62.1 Å².